The smallest absolute Gasteiger partial charge is 0.324 e. The lowest BCUT2D eigenvalue weighted by Crippen LogP contribution is -2.39. The molecule has 160 valence electrons. The Hall–Kier alpha value is -2.66. The molecule has 30 heavy (non-hydrogen) atoms. The van der Waals surface area contributed by atoms with Crippen molar-refractivity contribution >= 4 is 6.01 Å². The van der Waals surface area contributed by atoms with Crippen molar-refractivity contribution in [3.05, 3.63) is 29.8 Å². The van der Waals surface area contributed by atoms with Crippen LogP contribution >= 0.6 is 0 Å². The minimum absolute atomic E-state index is 0.121. The van der Waals surface area contributed by atoms with E-state index < -0.39 is 0 Å². The second kappa shape index (κ2) is 9.43. The molecule has 0 atom stereocenters. The minimum atomic E-state index is 0.121. The molecular formula is C22H29N5O3. The van der Waals surface area contributed by atoms with Crippen LogP contribution in [0.15, 0.2) is 22.9 Å². The number of ether oxygens (including phenoxy) is 2. The van der Waals surface area contributed by atoms with Crippen molar-refractivity contribution in [1.29, 1.82) is 5.26 Å². The third kappa shape index (κ3) is 4.90. The van der Waals surface area contributed by atoms with Gasteiger partial charge in [-0.15, -0.1) is 0 Å². The Kier molecular flexibility index (Phi) is 6.48. The highest BCUT2D eigenvalue weighted by Gasteiger charge is 2.29. The van der Waals surface area contributed by atoms with E-state index in [2.05, 4.69) is 39.9 Å². The summed E-state index contributed by atoms with van der Waals surface area (Å²) in [5, 5.41) is 13.2. The van der Waals surface area contributed by atoms with Crippen LogP contribution in [-0.2, 0) is 4.74 Å². The van der Waals surface area contributed by atoms with E-state index >= 15 is 0 Å². The highest BCUT2D eigenvalue weighted by atomic mass is 16.5. The van der Waals surface area contributed by atoms with Gasteiger partial charge in [0.2, 0.25) is 0 Å². The standard InChI is InChI=1S/C22H29N5O3/c1-15(2)21-25-22(30-26-21)27-12-9-18(10-13-27)28-16-5-7-17(8-6-16)29-20-4-3-11-24-19(20)14-23/h3-4,11,15-18H,5-10,12-13H2,1-2H3. The highest BCUT2D eigenvalue weighted by molar-refractivity contribution is 5.36. The summed E-state index contributed by atoms with van der Waals surface area (Å²) < 4.78 is 17.8. The van der Waals surface area contributed by atoms with E-state index in [1.165, 1.54) is 0 Å². The van der Waals surface area contributed by atoms with Gasteiger partial charge in [-0.3, -0.25) is 0 Å². The van der Waals surface area contributed by atoms with Gasteiger partial charge in [-0.05, 0) is 50.7 Å². The maximum atomic E-state index is 9.16. The molecule has 1 aliphatic carbocycles. The predicted molar refractivity (Wildman–Crippen MR) is 110 cm³/mol. The minimum Gasteiger partial charge on any atom is -0.487 e. The Morgan fingerprint density at radius 2 is 1.80 bits per heavy atom. The number of rotatable bonds is 6. The molecule has 4 rings (SSSR count). The van der Waals surface area contributed by atoms with Crippen LogP contribution in [0.3, 0.4) is 0 Å². The molecule has 2 aliphatic rings. The van der Waals surface area contributed by atoms with E-state index in [0.717, 1.165) is 57.4 Å². The molecule has 1 saturated heterocycles. The molecule has 1 aliphatic heterocycles. The topological polar surface area (TPSA) is 97.3 Å². The molecule has 8 heteroatoms. The van der Waals surface area contributed by atoms with Crippen molar-refractivity contribution in [1.82, 2.24) is 15.1 Å². The monoisotopic (exact) mass is 411 g/mol. The maximum Gasteiger partial charge on any atom is 0.324 e. The number of pyridine rings is 1. The fourth-order valence-electron chi connectivity index (χ4n) is 4.08. The highest BCUT2D eigenvalue weighted by Crippen LogP contribution is 2.29. The van der Waals surface area contributed by atoms with Crippen LogP contribution in [0.4, 0.5) is 6.01 Å². The normalized spacial score (nSPS) is 22.8. The first-order chi connectivity index (χ1) is 14.6. The first kappa shape index (κ1) is 20.6. The van der Waals surface area contributed by atoms with Crippen molar-refractivity contribution < 1.29 is 14.0 Å². The Balaban J connectivity index is 1.20. The molecule has 0 N–H and O–H groups in total. The van der Waals surface area contributed by atoms with Gasteiger partial charge in [0.15, 0.2) is 17.3 Å². The summed E-state index contributed by atoms with van der Waals surface area (Å²) in [7, 11) is 0. The lowest BCUT2D eigenvalue weighted by atomic mass is 9.94. The zero-order valence-corrected chi connectivity index (χ0v) is 17.7. The van der Waals surface area contributed by atoms with E-state index in [0.29, 0.717) is 17.5 Å². The molecule has 2 aromatic heterocycles. The third-order valence-electron chi connectivity index (χ3n) is 5.84. The number of hydrogen-bond donors (Lipinski definition) is 0. The van der Waals surface area contributed by atoms with Crippen LogP contribution in [-0.4, -0.2) is 46.5 Å². The molecule has 0 amide bonds. The van der Waals surface area contributed by atoms with Crippen molar-refractivity contribution in [2.75, 3.05) is 18.0 Å². The molecule has 2 aromatic rings. The first-order valence-electron chi connectivity index (χ1n) is 10.9. The zero-order chi connectivity index (χ0) is 20.9. The molecule has 8 nitrogen and oxygen atoms in total. The van der Waals surface area contributed by atoms with E-state index in [9.17, 15) is 0 Å². The van der Waals surface area contributed by atoms with Gasteiger partial charge in [0.1, 0.15) is 6.07 Å². The SMILES string of the molecule is CC(C)c1noc(N2CCC(OC3CCC(Oc4cccnc4C#N)CC3)CC2)n1. The molecule has 0 aromatic carbocycles. The number of anilines is 1. The molecule has 0 unspecified atom stereocenters. The summed E-state index contributed by atoms with van der Waals surface area (Å²) in [5.41, 5.74) is 0.351. The van der Waals surface area contributed by atoms with Gasteiger partial charge in [-0.1, -0.05) is 19.0 Å². The summed E-state index contributed by atoms with van der Waals surface area (Å²) in [5.74, 6) is 1.61. The van der Waals surface area contributed by atoms with Gasteiger partial charge in [-0.25, -0.2) is 4.98 Å². The van der Waals surface area contributed by atoms with Gasteiger partial charge in [-0.2, -0.15) is 10.2 Å². The number of nitrogens with zero attached hydrogens (tertiary/aromatic N) is 5. The van der Waals surface area contributed by atoms with E-state index in [1.807, 2.05) is 6.07 Å². The van der Waals surface area contributed by atoms with Gasteiger partial charge in [0.25, 0.3) is 0 Å². The molecule has 0 radical (unpaired) electrons. The van der Waals surface area contributed by atoms with Crippen LogP contribution in [0, 0.1) is 11.3 Å². The lowest BCUT2D eigenvalue weighted by Gasteiger charge is -2.35. The van der Waals surface area contributed by atoms with Gasteiger partial charge >= 0.3 is 6.01 Å². The van der Waals surface area contributed by atoms with Crippen LogP contribution < -0.4 is 9.64 Å². The number of nitriles is 1. The van der Waals surface area contributed by atoms with Gasteiger partial charge < -0.3 is 18.9 Å². The molecule has 0 spiro atoms. The van der Waals surface area contributed by atoms with Crippen molar-refractivity contribution in [2.45, 2.75) is 76.6 Å². The third-order valence-corrected chi connectivity index (χ3v) is 5.84. The molecule has 2 fully saturated rings. The van der Waals surface area contributed by atoms with E-state index in [1.54, 1.807) is 12.3 Å². The second-order valence-corrected chi connectivity index (χ2v) is 8.39. The van der Waals surface area contributed by atoms with Crippen LogP contribution in [0.25, 0.3) is 0 Å². The fraction of sp³-hybridized carbons (Fsp3) is 0.636. The number of hydrogen-bond acceptors (Lipinski definition) is 8. The molecular weight excluding hydrogens is 382 g/mol. The van der Waals surface area contributed by atoms with Crippen molar-refractivity contribution in [3.8, 4) is 11.8 Å². The van der Waals surface area contributed by atoms with Crippen LogP contribution in [0.2, 0.25) is 0 Å². The summed E-state index contributed by atoms with van der Waals surface area (Å²) in [6.45, 7) is 5.88. The van der Waals surface area contributed by atoms with E-state index in [4.69, 9.17) is 19.3 Å². The van der Waals surface area contributed by atoms with Crippen LogP contribution in [0.1, 0.15) is 69.8 Å². The van der Waals surface area contributed by atoms with Crippen molar-refractivity contribution in [2.24, 2.45) is 0 Å². The average molecular weight is 412 g/mol. The van der Waals surface area contributed by atoms with Crippen LogP contribution in [0.5, 0.6) is 5.75 Å². The van der Waals surface area contributed by atoms with Crippen molar-refractivity contribution in [3.63, 3.8) is 0 Å². The zero-order valence-electron chi connectivity index (χ0n) is 17.7. The summed E-state index contributed by atoms with van der Waals surface area (Å²) >= 11 is 0. The van der Waals surface area contributed by atoms with Gasteiger partial charge in [0.05, 0.1) is 18.3 Å². The largest absolute Gasteiger partial charge is 0.487 e. The second-order valence-electron chi connectivity index (χ2n) is 8.39. The Morgan fingerprint density at radius 3 is 2.47 bits per heavy atom. The Morgan fingerprint density at radius 1 is 1.10 bits per heavy atom. The number of piperidine rings is 1. The Bertz CT molecular complexity index is 862. The Labute approximate surface area is 177 Å². The lowest BCUT2D eigenvalue weighted by molar-refractivity contribution is -0.0530. The predicted octanol–water partition coefficient (Wildman–Crippen LogP) is 3.84. The molecule has 3 heterocycles. The quantitative estimate of drug-likeness (QED) is 0.707. The molecule has 1 saturated carbocycles. The molecule has 0 bridgehead atoms. The summed E-state index contributed by atoms with van der Waals surface area (Å²) in [4.78, 5) is 10.7. The average Bonchev–Trinajstić information content (AvgIpc) is 3.27. The fourth-order valence-corrected chi connectivity index (χ4v) is 4.08. The van der Waals surface area contributed by atoms with Gasteiger partial charge in [0, 0.05) is 25.2 Å². The summed E-state index contributed by atoms with van der Waals surface area (Å²) in [6, 6.07) is 6.33. The maximum absolute atomic E-state index is 9.16. The van der Waals surface area contributed by atoms with E-state index in [-0.39, 0.29) is 24.2 Å². The number of aromatic nitrogens is 3. The first-order valence-corrected chi connectivity index (χ1v) is 10.9. The summed E-state index contributed by atoms with van der Waals surface area (Å²) in [6.07, 6.45) is 8.06.